The Balaban J connectivity index is 0.000000490. The largest absolute Gasteiger partial charge is 0.316 e. The summed E-state index contributed by atoms with van der Waals surface area (Å²) in [6, 6.07) is 10.0. The fourth-order valence-electron chi connectivity index (χ4n) is 0.371. The number of benzene rings is 1. The van der Waals surface area contributed by atoms with E-state index in [0.29, 0.717) is 0 Å². The Labute approximate surface area is 70.0 Å². The van der Waals surface area contributed by atoms with Crippen LogP contribution in [0.1, 0.15) is 0 Å². The molecule has 0 atom stereocenters. The minimum absolute atomic E-state index is 0. The van der Waals surface area contributed by atoms with E-state index in [1.54, 1.807) is 6.07 Å². The van der Waals surface area contributed by atoms with Gasteiger partial charge in [0.25, 0.3) is 0 Å². The lowest BCUT2D eigenvalue weighted by atomic mass is 10.4. The molecule has 0 heterocycles. The standard InChI is InChI=1S/C6H4Cl.Mg.2H/c7-6-4-2-1-3-5-6;;;/h1-2,4-5H;;;. The predicted octanol–water partition coefficient (Wildman–Crippen LogP) is 1.22. The summed E-state index contributed by atoms with van der Waals surface area (Å²) < 4.78 is 0. The van der Waals surface area contributed by atoms with Gasteiger partial charge < -0.3 is 0 Å². The van der Waals surface area contributed by atoms with E-state index in [-0.39, 0.29) is 23.1 Å². The normalized spacial score (nSPS) is 7.62. The third-order valence-corrected chi connectivity index (χ3v) is 0.904. The zero-order valence-corrected chi connectivity index (χ0v) is 4.44. The summed E-state index contributed by atoms with van der Waals surface area (Å²) in [5.41, 5.74) is 0. The molecule has 2 heteroatoms. The molecule has 0 saturated carbocycles. The maximum Gasteiger partial charge on any atom is 0.316 e. The van der Waals surface area contributed by atoms with Crippen molar-refractivity contribution in [1.82, 2.24) is 0 Å². The van der Waals surface area contributed by atoms with E-state index in [1.807, 2.05) is 18.2 Å². The first-order chi connectivity index (χ1) is 3.39. The molecule has 39 valence electrons. The van der Waals surface area contributed by atoms with Gasteiger partial charge in [-0.15, -0.1) is 0 Å². The lowest BCUT2D eigenvalue weighted by molar-refractivity contribution is 1.69. The van der Waals surface area contributed by atoms with Gasteiger partial charge >= 0.3 is 23.1 Å². The van der Waals surface area contributed by atoms with Gasteiger partial charge in [-0.3, -0.25) is 0 Å². The van der Waals surface area contributed by atoms with Gasteiger partial charge in [-0.05, 0) is 18.2 Å². The van der Waals surface area contributed by atoms with E-state index >= 15 is 0 Å². The summed E-state index contributed by atoms with van der Waals surface area (Å²) in [6.07, 6.45) is 0. The van der Waals surface area contributed by atoms with Crippen LogP contribution in [0.25, 0.3) is 0 Å². The maximum absolute atomic E-state index is 5.51. The number of halogens is 1. The van der Waals surface area contributed by atoms with Gasteiger partial charge in [0.2, 0.25) is 0 Å². The van der Waals surface area contributed by atoms with Gasteiger partial charge in [-0.25, -0.2) is 0 Å². The van der Waals surface area contributed by atoms with Crippen LogP contribution in [0.15, 0.2) is 24.3 Å². The molecule has 0 bridgehead atoms. The fourth-order valence-corrected chi connectivity index (χ4v) is 0.507. The molecule has 0 aliphatic heterocycles. The second-order valence-corrected chi connectivity index (χ2v) is 1.66. The highest BCUT2D eigenvalue weighted by Crippen LogP contribution is 2.02. The Kier molecular flexibility index (Phi) is 4.33. The summed E-state index contributed by atoms with van der Waals surface area (Å²) in [7, 11) is 0. The third-order valence-electron chi connectivity index (χ3n) is 0.669. The Bertz CT molecular complexity index is 138. The van der Waals surface area contributed by atoms with Crippen molar-refractivity contribution >= 4 is 34.7 Å². The zero-order chi connectivity index (χ0) is 5.11. The van der Waals surface area contributed by atoms with Crippen LogP contribution in [0.4, 0.5) is 0 Å². The van der Waals surface area contributed by atoms with Crippen LogP contribution in [0, 0.1) is 6.07 Å². The first-order valence-corrected chi connectivity index (χ1v) is 2.39. The van der Waals surface area contributed by atoms with Crippen LogP contribution in [0.3, 0.4) is 0 Å². The van der Waals surface area contributed by atoms with Crippen molar-refractivity contribution in [1.29, 1.82) is 0 Å². The minimum atomic E-state index is 0. The molecule has 1 radical (unpaired) electrons. The van der Waals surface area contributed by atoms with E-state index in [9.17, 15) is 0 Å². The van der Waals surface area contributed by atoms with Crippen LogP contribution in [0.5, 0.6) is 0 Å². The van der Waals surface area contributed by atoms with Gasteiger partial charge in [0, 0.05) is 5.02 Å². The van der Waals surface area contributed by atoms with E-state index in [4.69, 9.17) is 11.6 Å². The van der Waals surface area contributed by atoms with E-state index in [0.717, 1.165) is 5.02 Å². The second-order valence-electron chi connectivity index (χ2n) is 1.22. The van der Waals surface area contributed by atoms with Crippen molar-refractivity contribution in [3.05, 3.63) is 35.4 Å². The molecular formula is C6H6ClMg. The van der Waals surface area contributed by atoms with Gasteiger partial charge in [-0.1, -0.05) is 23.7 Å². The summed E-state index contributed by atoms with van der Waals surface area (Å²) in [5.74, 6) is 0. The van der Waals surface area contributed by atoms with Gasteiger partial charge in [-0.2, -0.15) is 0 Å². The van der Waals surface area contributed by atoms with Crippen LogP contribution in [-0.2, 0) is 0 Å². The highest BCUT2D eigenvalue weighted by Gasteiger charge is 1.75. The summed E-state index contributed by atoms with van der Waals surface area (Å²) in [4.78, 5) is 0. The van der Waals surface area contributed by atoms with Crippen molar-refractivity contribution < 1.29 is 0 Å². The van der Waals surface area contributed by atoms with Crippen molar-refractivity contribution in [3.8, 4) is 0 Å². The first-order valence-electron chi connectivity index (χ1n) is 2.01. The summed E-state index contributed by atoms with van der Waals surface area (Å²) in [5, 5.41) is 0.738. The lowest BCUT2D eigenvalue weighted by Gasteiger charge is -1.79. The molecule has 1 aromatic carbocycles. The molecule has 0 fully saturated rings. The zero-order valence-electron chi connectivity index (χ0n) is 3.69. The minimum Gasteiger partial charge on any atom is -0.0843 e. The third kappa shape index (κ3) is 2.55. The molecule has 1 aromatic rings. The van der Waals surface area contributed by atoms with Gasteiger partial charge in [0.15, 0.2) is 0 Å². The molecule has 0 saturated heterocycles. The highest BCUT2D eigenvalue weighted by molar-refractivity contribution is 6.30. The van der Waals surface area contributed by atoms with Crippen LogP contribution < -0.4 is 0 Å². The van der Waals surface area contributed by atoms with Crippen molar-refractivity contribution in [2.24, 2.45) is 0 Å². The second kappa shape index (κ2) is 4.18. The predicted molar refractivity (Wildman–Crippen MR) is 38.8 cm³/mol. The summed E-state index contributed by atoms with van der Waals surface area (Å²) >= 11 is 5.51. The van der Waals surface area contributed by atoms with Gasteiger partial charge in [0.1, 0.15) is 0 Å². The lowest BCUT2D eigenvalue weighted by Crippen LogP contribution is -1.56. The van der Waals surface area contributed by atoms with Crippen LogP contribution in [0.2, 0.25) is 5.02 Å². The Morgan fingerprint density at radius 3 is 2.50 bits per heavy atom. The van der Waals surface area contributed by atoms with Crippen LogP contribution >= 0.6 is 11.6 Å². The van der Waals surface area contributed by atoms with Crippen LogP contribution in [-0.4, -0.2) is 23.1 Å². The average Bonchev–Trinajstić information content (AvgIpc) is 1.69. The van der Waals surface area contributed by atoms with Crippen molar-refractivity contribution in [3.63, 3.8) is 0 Å². The first kappa shape index (κ1) is 8.28. The monoisotopic (exact) mass is 137 g/mol. The molecule has 8 heavy (non-hydrogen) atoms. The van der Waals surface area contributed by atoms with Crippen molar-refractivity contribution in [2.45, 2.75) is 0 Å². The van der Waals surface area contributed by atoms with Crippen molar-refractivity contribution in [2.75, 3.05) is 0 Å². The molecule has 0 N–H and O–H groups in total. The SMILES string of the molecule is Clc1c[c]ccc1.[MgH2]. The molecular weight excluding hydrogens is 132 g/mol. The fraction of sp³-hybridized carbons (Fsp3) is 0. The number of rotatable bonds is 0. The molecule has 0 spiro atoms. The highest BCUT2D eigenvalue weighted by atomic mass is 35.5. The Morgan fingerprint density at radius 2 is 2.25 bits per heavy atom. The molecule has 1 rings (SSSR count). The Morgan fingerprint density at radius 1 is 1.50 bits per heavy atom. The number of hydrogen-bond acceptors (Lipinski definition) is 0. The van der Waals surface area contributed by atoms with E-state index < -0.39 is 0 Å². The number of hydrogen-bond donors (Lipinski definition) is 0. The van der Waals surface area contributed by atoms with E-state index in [2.05, 4.69) is 6.07 Å². The molecule has 0 aliphatic carbocycles. The topological polar surface area (TPSA) is 0 Å². The molecule has 0 aliphatic rings. The quantitative estimate of drug-likeness (QED) is 0.472. The average molecular weight is 138 g/mol. The van der Waals surface area contributed by atoms with E-state index in [1.165, 1.54) is 0 Å². The Hall–Kier alpha value is 0.276. The van der Waals surface area contributed by atoms with Gasteiger partial charge in [0.05, 0.1) is 0 Å². The molecule has 0 unspecified atom stereocenters. The molecule has 0 amide bonds. The molecule has 0 nitrogen and oxygen atoms in total. The summed E-state index contributed by atoms with van der Waals surface area (Å²) in [6.45, 7) is 0. The molecule has 0 aromatic heterocycles. The smallest absolute Gasteiger partial charge is 0.0843 e. The maximum atomic E-state index is 5.51.